The van der Waals surface area contributed by atoms with Crippen LogP contribution in [0.15, 0.2) is 78.9 Å². The van der Waals surface area contributed by atoms with Crippen LogP contribution in [0.1, 0.15) is 29.0 Å². The van der Waals surface area contributed by atoms with Gasteiger partial charge in [-0.2, -0.15) is 5.26 Å². The lowest BCUT2D eigenvalue weighted by molar-refractivity contribution is -0.136. The van der Waals surface area contributed by atoms with Gasteiger partial charge in [-0.25, -0.2) is 0 Å². The maximum atomic E-state index is 12.2. The van der Waals surface area contributed by atoms with Gasteiger partial charge in [0, 0.05) is 17.5 Å². The Bertz CT molecular complexity index is 1020. The zero-order chi connectivity index (χ0) is 21.3. The molecule has 30 heavy (non-hydrogen) atoms. The fourth-order valence-electron chi connectivity index (χ4n) is 3.20. The molecule has 0 aliphatic carbocycles. The van der Waals surface area contributed by atoms with Gasteiger partial charge < -0.3 is 10.6 Å². The SMILES string of the molecule is N#Cc1ccc(Cl)cc1NC(=O)C(=O)NCCC(c1ccccc1)c1ccccc1. The summed E-state index contributed by atoms with van der Waals surface area (Å²) in [5.74, 6) is -1.52. The van der Waals surface area contributed by atoms with E-state index in [0.29, 0.717) is 18.0 Å². The number of benzene rings is 3. The topological polar surface area (TPSA) is 82.0 Å². The summed E-state index contributed by atoms with van der Waals surface area (Å²) in [5, 5.41) is 14.6. The van der Waals surface area contributed by atoms with Gasteiger partial charge in [-0.1, -0.05) is 72.3 Å². The molecule has 3 aromatic carbocycles. The second-order valence-corrected chi connectivity index (χ2v) is 7.11. The summed E-state index contributed by atoms with van der Waals surface area (Å²) in [6.07, 6.45) is 0.633. The number of halogens is 1. The molecule has 0 heterocycles. The van der Waals surface area contributed by atoms with Crippen molar-refractivity contribution in [3.63, 3.8) is 0 Å². The number of carbonyl (C=O) groups excluding carboxylic acids is 2. The quantitative estimate of drug-likeness (QED) is 0.580. The lowest BCUT2D eigenvalue weighted by atomic mass is 9.88. The van der Waals surface area contributed by atoms with Gasteiger partial charge in [0.1, 0.15) is 6.07 Å². The molecule has 2 amide bonds. The van der Waals surface area contributed by atoms with Crippen LogP contribution in [0.25, 0.3) is 0 Å². The van der Waals surface area contributed by atoms with E-state index < -0.39 is 11.8 Å². The van der Waals surface area contributed by atoms with Crippen molar-refractivity contribution in [2.45, 2.75) is 12.3 Å². The Morgan fingerprint density at radius 2 is 1.50 bits per heavy atom. The Morgan fingerprint density at radius 1 is 0.900 bits per heavy atom. The fourth-order valence-corrected chi connectivity index (χ4v) is 3.38. The van der Waals surface area contributed by atoms with Crippen LogP contribution in [0.5, 0.6) is 0 Å². The van der Waals surface area contributed by atoms with Crippen molar-refractivity contribution in [2.24, 2.45) is 0 Å². The molecule has 0 radical (unpaired) electrons. The van der Waals surface area contributed by atoms with E-state index in [4.69, 9.17) is 16.9 Å². The zero-order valence-corrected chi connectivity index (χ0v) is 16.9. The van der Waals surface area contributed by atoms with Crippen molar-refractivity contribution in [3.05, 3.63) is 101 Å². The van der Waals surface area contributed by atoms with Crippen LogP contribution < -0.4 is 10.6 Å². The minimum Gasteiger partial charge on any atom is -0.348 e. The zero-order valence-electron chi connectivity index (χ0n) is 16.1. The fraction of sp³-hybridized carbons (Fsp3) is 0.125. The van der Waals surface area contributed by atoms with Gasteiger partial charge in [-0.15, -0.1) is 0 Å². The van der Waals surface area contributed by atoms with Gasteiger partial charge in [0.15, 0.2) is 0 Å². The summed E-state index contributed by atoms with van der Waals surface area (Å²) in [7, 11) is 0. The summed E-state index contributed by atoms with van der Waals surface area (Å²) in [5.41, 5.74) is 2.71. The van der Waals surface area contributed by atoms with E-state index in [1.807, 2.05) is 42.5 Å². The molecule has 0 spiro atoms. The predicted octanol–water partition coefficient (Wildman–Crippen LogP) is 4.49. The van der Waals surface area contributed by atoms with Crippen molar-refractivity contribution in [1.82, 2.24) is 5.32 Å². The van der Waals surface area contributed by atoms with Crippen LogP contribution in [0.4, 0.5) is 5.69 Å². The Hall–Kier alpha value is -3.62. The highest BCUT2D eigenvalue weighted by molar-refractivity contribution is 6.40. The van der Waals surface area contributed by atoms with Crippen molar-refractivity contribution in [1.29, 1.82) is 5.26 Å². The minimum atomic E-state index is -0.843. The molecule has 0 saturated heterocycles. The van der Waals surface area contributed by atoms with Gasteiger partial charge >= 0.3 is 11.8 Å². The van der Waals surface area contributed by atoms with Crippen molar-refractivity contribution >= 4 is 29.1 Å². The normalized spacial score (nSPS) is 10.3. The molecule has 0 aliphatic rings. The Balaban J connectivity index is 1.63. The first-order valence-electron chi connectivity index (χ1n) is 9.47. The number of nitrogens with one attached hydrogen (secondary N) is 2. The number of hydrogen-bond donors (Lipinski definition) is 2. The molecule has 3 aromatic rings. The van der Waals surface area contributed by atoms with Gasteiger partial charge in [-0.3, -0.25) is 9.59 Å². The smallest absolute Gasteiger partial charge is 0.313 e. The van der Waals surface area contributed by atoms with Crippen LogP contribution in [-0.4, -0.2) is 18.4 Å². The first kappa shape index (κ1) is 21.1. The molecule has 0 aromatic heterocycles. The van der Waals surface area contributed by atoms with E-state index in [9.17, 15) is 9.59 Å². The van der Waals surface area contributed by atoms with Crippen LogP contribution in [0, 0.1) is 11.3 Å². The third kappa shape index (κ3) is 5.47. The number of nitriles is 1. The summed E-state index contributed by atoms with van der Waals surface area (Å²) >= 11 is 5.91. The van der Waals surface area contributed by atoms with Crippen LogP contribution in [0.3, 0.4) is 0 Å². The lowest BCUT2D eigenvalue weighted by Crippen LogP contribution is -2.36. The van der Waals surface area contributed by atoms with E-state index in [0.717, 1.165) is 11.1 Å². The summed E-state index contributed by atoms with van der Waals surface area (Å²) in [6.45, 7) is 0.321. The first-order chi connectivity index (χ1) is 14.6. The highest BCUT2D eigenvalue weighted by Crippen LogP contribution is 2.27. The largest absolute Gasteiger partial charge is 0.348 e. The number of nitrogens with zero attached hydrogens (tertiary/aromatic N) is 1. The minimum absolute atomic E-state index is 0.0916. The molecule has 0 saturated carbocycles. The number of amides is 2. The predicted molar refractivity (Wildman–Crippen MR) is 117 cm³/mol. The number of anilines is 1. The lowest BCUT2D eigenvalue weighted by Gasteiger charge is -2.18. The molecule has 0 atom stereocenters. The monoisotopic (exact) mass is 417 g/mol. The molecule has 6 heteroatoms. The van der Waals surface area contributed by atoms with Gasteiger partial charge in [-0.05, 0) is 35.7 Å². The third-order valence-electron chi connectivity index (χ3n) is 4.68. The van der Waals surface area contributed by atoms with Gasteiger partial charge in [0.2, 0.25) is 0 Å². The van der Waals surface area contributed by atoms with E-state index in [1.165, 1.54) is 12.1 Å². The molecular weight excluding hydrogens is 398 g/mol. The van der Waals surface area contributed by atoms with Crippen molar-refractivity contribution < 1.29 is 9.59 Å². The molecule has 0 unspecified atom stereocenters. The average molecular weight is 418 g/mol. The Labute approximate surface area is 180 Å². The van der Waals surface area contributed by atoms with Crippen LogP contribution in [0.2, 0.25) is 5.02 Å². The Kier molecular flexibility index (Phi) is 7.20. The molecule has 0 aliphatic heterocycles. The van der Waals surface area contributed by atoms with Gasteiger partial charge in [0.05, 0.1) is 11.3 Å². The molecular formula is C24H20ClN3O2. The van der Waals surface area contributed by atoms with E-state index in [1.54, 1.807) is 6.07 Å². The molecule has 3 rings (SSSR count). The highest BCUT2D eigenvalue weighted by atomic mass is 35.5. The molecule has 5 nitrogen and oxygen atoms in total. The third-order valence-corrected chi connectivity index (χ3v) is 4.91. The second kappa shape index (κ2) is 10.2. The van der Waals surface area contributed by atoms with E-state index >= 15 is 0 Å². The summed E-state index contributed by atoms with van der Waals surface area (Å²) in [4.78, 5) is 24.5. The highest BCUT2D eigenvalue weighted by Gasteiger charge is 2.18. The van der Waals surface area contributed by atoms with E-state index in [2.05, 4.69) is 34.9 Å². The molecule has 0 bridgehead atoms. The maximum Gasteiger partial charge on any atom is 0.313 e. The van der Waals surface area contributed by atoms with Crippen LogP contribution in [-0.2, 0) is 9.59 Å². The standard InChI is InChI=1S/C24H20ClN3O2/c25-20-12-11-19(16-26)22(15-20)28-24(30)23(29)27-14-13-21(17-7-3-1-4-8-17)18-9-5-2-6-10-18/h1-12,15,21H,13-14H2,(H,27,29)(H,28,30). The number of rotatable bonds is 6. The average Bonchev–Trinajstić information content (AvgIpc) is 2.78. The van der Waals surface area contributed by atoms with Crippen LogP contribution >= 0.6 is 11.6 Å². The molecule has 2 N–H and O–H groups in total. The maximum absolute atomic E-state index is 12.2. The van der Waals surface area contributed by atoms with Crippen molar-refractivity contribution in [3.8, 4) is 6.07 Å². The summed E-state index contributed by atoms with van der Waals surface area (Å²) in [6, 6.07) is 26.5. The first-order valence-corrected chi connectivity index (χ1v) is 9.85. The number of carbonyl (C=O) groups is 2. The Morgan fingerprint density at radius 3 is 2.07 bits per heavy atom. The van der Waals surface area contributed by atoms with E-state index in [-0.39, 0.29) is 17.2 Å². The molecule has 0 fully saturated rings. The molecule has 150 valence electrons. The second-order valence-electron chi connectivity index (χ2n) is 6.67. The van der Waals surface area contributed by atoms with Crippen molar-refractivity contribution in [2.75, 3.05) is 11.9 Å². The van der Waals surface area contributed by atoms with Gasteiger partial charge in [0.25, 0.3) is 0 Å². The summed E-state index contributed by atoms with van der Waals surface area (Å²) < 4.78 is 0. The number of hydrogen-bond acceptors (Lipinski definition) is 3.